The van der Waals surface area contributed by atoms with Gasteiger partial charge in [-0.15, -0.1) is 0 Å². The van der Waals surface area contributed by atoms with Crippen molar-refractivity contribution >= 4 is 17.5 Å². The van der Waals surface area contributed by atoms with Gasteiger partial charge in [0.2, 0.25) is 6.36 Å². The van der Waals surface area contributed by atoms with Crippen LogP contribution in [0.2, 0.25) is 5.02 Å². The van der Waals surface area contributed by atoms with Crippen molar-refractivity contribution in [2.24, 2.45) is 0 Å². The molecule has 1 atom stereocenters. The number of nitrogens with one attached hydrogen (secondary N) is 1. The first kappa shape index (κ1) is 20.2. The Morgan fingerprint density at radius 1 is 1.42 bits per heavy atom. The summed E-state index contributed by atoms with van der Waals surface area (Å²) >= 11 is 6.09. The molecule has 1 heterocycles. The molecule has 1 N–H and O–H groups in total. The smallest absolute Gasteiger partial charge is 0.274 e. The van der Waals surface area contributed by atoms with Crippen molar-refractivity contribution in [3.63, 3.8) is 0 Å². The Kier molecular flexibility index (Phi) is 7.83. The van der Waals surface area contributed by atoms with E-state index in [1.165, 1.54) is 7.11 Å². The van der Waals surface area contributed by atoms with E-state index >= 15 is 0 Å². The van der Waals surface area contributed by atoms with Crippen LogP contribution in [0.15, 0.2) is 29.0 Å². The number of carbonyl (C=O) groups excluding carboxylic acids is 1. The number of methoxy groups -OCH3 is 1. The lowest BCUT2D eigenvalue weighted by Gasteiger charge is -2.11. The number of ether oxygens (including phenoxy) is 3. The van der Waals surface area contributed by atoms with Gasteiger partial charge in [-0.05, 0) is 25.1 Å². The third kappa shape index (κ3) is 5.42. The zero-order valence-electron chi connectivity index (χ0n) is 14.5. The summed E-state index contributed by atoms with van der Waals surface area (Å²) in [5, 5.41) is 2.77. The third-order valence-electron chi connectivity index (χ3n) is 3.35. The van der Waals surface area contributed by atoms with E-state index in [4.69, 9.17) is 30.2 Å². The summed E-state index contributed by atoms with van der Waals surface area (Å²) in [6.45, 7) is 2.43. The van der Waals surface area contributed by atoms with Gasteiger partial charge in [-0.3, -0.25) is 4.79 Å². The number of carbonyl (C=O) groups is 1. The largest absolute Gasteiger partial charge is 0.495 e. The predicted octanol–water partition coefficient (Wildman–Crippen LogP) is 3.08. The first-order chi connectivity index (χ1) is 12.6. The third-order valence-corrected chi connectivity index (χ3v) is 3.65. The molecule has 26 heavy (non-hydrogen) atoms. The molecule has 142 valence electrons. The first-order valence-electron chi connectivity index (χ1n) is 7.95. The Bertz CT molecular complexity index is 725. The summed E-state index contributed by atoms with van der Waals surface area (Å²) in [6.07, 6.45) is -0.515. The molecule has 0 bridgehead atoms. The lowest BCUT2D eigenvalue weighted by atomic mass is 10.1. The minimum absolute atomic E-state index is 0.0211. The highest BCUT2D eigenvalue weighted by molar-refractivity contribution is 6.32. The minimum Gasteiger partial charge on any atom is -0.495 e. The Labute approximate surface area is 155 Å². The molecule has 0 aliphatic carbocycles. The van der Waals surface area contributed by atoms with E-state index < -0.39 is 12.3 Å². The molecule has 0 aliphatic heterocycles. The van der Waals surface area contributed by atoms with Crippen molar-refractivity contribution in [1.29, 1.82) is 0 Å². The van der Waals surface area contributed by atoms with Crippen LogP contribution < -0.4 is 10.1 Å². The standard InChI is InChI=1S/C17H20ClFN2O5/c1-3-24-6-7-25-14(19)9-20-17(22)15-16(26-10-21-15)11-4-5-13(23-2)12(18)8-11/h4-5,8,10,14H,3,6-7,9H2,1-2H3,(H,20,22)/i19-1. The van der Waals surface area contributed by atoms with Gasteiger partial charge in [-0.2, -0.15) is 0 Å². The SMILES string of the molecule is CCOCCOC([18F])CNC(=O)c1ncoc1-c1ccc(OC)c(Cl)c1. The van der Waals surface area contributed by atoms with Crippen molar-refractivity contribution in [2.45, 2.75) is 13.3 Å². The Morgan fingerprint density at radius 2 is 2.23 bits per heavy atom. The van der Waals surface area contributed by atoms with Gasteiger partial charge < -0.3 is 23.9 Å². The summed E-state index contributed by atoms with van der Waals surface area (Å²) in [6, 6.07) is 4.91. The number of benzene rings is 1. The van der Waals surface area contributed by atoms with E-state index in [9.17, 15) is 9.18 Å². The predicted molar refractivity (Wildman–Crippen MR) is 93.2 cm³/mol. The molecule has 2 aromatic rings. The second-order valence-electron chi connectivity index (χ2n) is 5.07. The molecule has 2 rings (SSSR count). The lowest BCUT2D eigenvalue weighted by molar-refractivity contribution is -0.0568. The number of rotatable bonds is 10. The zero-order chi connectivity index (χ0) is 18.9. The van der Waals surface area contributed by atoms with Crippen LogP contribution in [0, 0.1) is 0 Å². The highest BCUT2D eigenvalue weighted by Gasteiger charge is 2.20. The first-order valence-corrected chi connectivity index (χ1v) is 8.33. The Morgan fingerprint density at radius 3 is 2.92 bits per heavy atom. The average molecular weight is 386 g/mol. The van der Waals surface area contributed by atoms with Gasteiger partial charge in [-0.25, -0.2) is 9.37 Å². The zero-order valence-corrected chi connectivity index (χ0v) is 15.2. The molecule has 1 aromatic carbocycles. The number of nitrogens with zero attached hydrogens (tertiary/aromatic N) is 1. The van der Waals surface area contributed by atoms with Gasteiger partial charge in [0.15, 0.2) is 17.8 Å². The van der Waals surface area contributed by atoms with Gasteiger partial charge in [0.05, 0.1) is 31.9 Å². The molecule has 0 fully saturated rings. The van der Waals surface area contributed by atoms with Crippen LogP contribution in [0.25, 0.3) is 11.3 Å². The highest BCUT2D eigenvalue weighted by Crippen LogP contribution is 2.31. The second kappa shape index (κ2) is 10.1. The molecule has 0 spiro atoms. The molecular weight excluding hydrogens is 366 g/mol. The number of aromatic nitrogens is 1. The van der Waals surface area contributed by atoms with Crippen molar-refractivity contribution in [2.75, 3.05) is 33.5 Å². The molecule has 0 saturated heterocycles. The summed E-state index contributed by atoms with van der Waals surface area (Å²) < 4.78 is 33.9. The van der Waals surface area contributed by atoms with E-state index in [1.54, 1.807) is 18.2 Å². The fourth-order valence-electron chi connectivity index (χ4n) is 2.12. The van der Waals surface area contributed by atoms with E-state index in [0.717, 1.165) is 6.39 Å². The van der Waals surface area contributed by atoms with Crippen LogP contribution in [0.1, 0.15) is 17.4 Å². The van der Waals surface area contributed by atoms with E-state index in [0.29, 0.717) is 22.9 Å². The molecular formula is C17H20ClFN2O5. The van der Waals surface area contributed by atoms with E-state index in [-0.39, 0.29) is 31.2 Å². The molecule has 9 heteroatoms. The second-order valence-corrected chi connectivity index (χ2v) is 5.47. The van der Waals surface area contributed by atoms with Crippen molar-refractivity contribution in [3.8, 4) is 17.1 Å². The molecule has 1 amide bonds. The molecule has 7 nitrogen and oxygen atoms in total. The Balaban J connectivity index is 1.97. The normalized spacial score (nSPS) is 12.0. The monoisotopic (exact) mass is 385 g/mol. The van der Waals surface area contributed by atoms with Crippen molar-refractivity contribution < 1.29 is 27.8 Å². The van der Waals surface area contributed by atoms with Crippen LogP contribution >= 0.6 is 11.6 Å². The van der Waals surface area contributed by atoms with Gasteiger partial charge in [0.25, 0.3) is 5.91 Å². The number of alkyl halides is 1. The fraction of sp³-hybridized carbons (Fsp3) is 0.412. The maximum absolute atomic E-state index is 13.6. The van der Waals surface area contributed by atoms with Crippen LogP contribution in [0.4, 0.5) is 4.39 Å². The van der Waals surface area contributed by atoms with Gasteiger partial charge in [-0.1, -0.05) is 11.6 Å². The van der Waals surface area contributed by atoms with Gasteiger partial charge in [0, 0.05) is 12.2 Å². The molecule has 0 saturated carbocycles. The number of hydrogen-bond donors (Lipinski definition) is 1. The topological polar surface area (TPSA) is 82.8 Å². The summed E-state index contributed by atoms with van der Waals surface area (Å²) in [5.74, 6) is 0.127. The summed E-state index contributed by atoms with van der Waals surface area (Å²) in [5.41, 5.74) is 0.566. The van der Waals surface area contributed by atoms with Crippen LogP contribution in [0.5, 0.6) is 5.75 Å². The van der Waals surface area contributed by atoms with Gasteiger partial charge >= 0.3 is 0 Å². The summed E-state index contributed by atoms with van der Waals surface area (Å²) in [4.78, 5) is 16.1. The van der Waals surface area contributed by atoms with Crippen LogP contribution in [-0.4, -0.2) is 50.7 Å². The lowest BCUT2D eigenvalue weighted by Crippen LogP contribution is -2.32. The fourth-order valence-corrected chi connectivity index (χ4v) is 2.37. The van der Waals surface area contributed by atoms with Crippen molar-refractivity contribution in [1.82, 2.24) is 10.3 Å². The molecule has 0 radical (unpaired) electrons. The van der Waals surface area contributed by atoms with Crippen LogP contribution in [-0.2, 0) is 9.47 Å². The Hall–Kier alpha value is -2.16. The number of hydrogen-bond acceptors (Lipinski definition) is 6. The average Bonchev–Trinajstić information content (AvgIpc) is 3.13. The van der Waals surface area contributed by atoms with E-state index in [1.807, 2.05) is 6.92 Å². The van der Waals surface area contributed by atoms with Crippen molar-refractivity contribution in [3.05, 3.63) is 35.3 Å². The minimum atomic E-state index is -1.65. The van der Waals surface area contributed by atoms with Crippen LogP contribution in [0.3, 0.4) is 0 Å². The van der Waals surface area contributed by atoms with Gasteiger partial charge in [0.1, 0.15) is 5.75 Å². The molecule has 1 unspecified atom stereocenters. The number of oxazole rings is 1. The maximum atomic E-state index is 13.6. The molecule has 1 aromatic heterocycles. The summed E-state index contributed by atoms with van der Waals surface area (Å²) in [7, 11) is 1.50. The van der Waals surface area contributed by atoms with E-state index in [2.05, 4.69) is 10.3 Å². The number of halogens is 2. The number of amides is 1. The molecule has 0 aliphatic rings. The maximum Gasteiger partial charge on any atom is 0.274 e. The highest BCUT2D eigenvalue weighted by atomic mass is 35.5. The quantitative estimate of drug-likeness (QED) is 0.633.